The molecule has 4 atom stereocenters. The van der Waals surface area contributed by atoms with Crippen molar-refractivity contribution in [3.05, 3.63) is 23.8 Å². The molecule has 8 nitrogen and oxygen atoms in total. The van der Waals surface area contributed by atoms with Gasteiger partial charge in [0.25, 0.3) is 5.91 Å². The van der Waals surface area contributed by atoms with E-state index in [1.54, 1.807) is 17.0 Å². The molecular formula is C29H47N3O5. The van der Waals surface area contributed by atoms with Crippen molar-refractivity contribution >= 4 is 17.5 Å². The Hall–Kier alpha value is -2.16. The maximum Gasteiger partial charge on any atom is 0.258 e. The summed E-state index contributed by atoms with van der Waals surface area (Å²) in [5.41, 5.74) is 1.00. The van der Waals surface area contributed by atoms with Crippen LogP contribution >= 0.6 is 0 Å². The lowest BCUT2D eigenvalue weighted by Gasteiger charge is -2.34. The van der Waals surface area contributed by atoms with Crippen molar-refractivity contribution in [1.29, 1.82) is 0 Å². The first-order valence-electron chi connectivity index (χ1n) is 14.1. The maximum absolute atomic E-state index is 14.0. The number of anilines is 1. The molecular weight excluding hydrogens is 470 g/mol. The van der Waals surface area contributed by atoms with Crippen LogP contribution in [0, 0.1) is 11.8 Å². The summed E-state index contributed by atoms with van der Waals surface area (Å²) in [6.07, 6.45) is 7.79. The van der Waals surface area contributed by atoms with Gasteiger partial charge in [-0.3, -0.25) is 9.59 Å². The van der Waals surface area contributed by atoms with Gasteiger partial charge in [0, 0.05) is 37.2 Å². The molecule has 8 heteroatoms. The Labute approximate surface area is 222 Å². The van der Waals surface area contributed by atoms with E-state index in [2.05, 4.69) is 17.6 Å². The molecule has 1 unspecified atom stereocenters. The Morgan fingerprint density at radius 3 is 2.57 bits per heavy atom. The summed E-state index contributed by atoms with van der Waals surface area (Å²) in [5.74, 6) is 0.375. The normalized spacial score (nSPS) is 25.5. The Morgan fingerprint density at radius 2 is 1.86 bits per heavy atom. The van der Waals surface area contributed by atoms with Crippen LogP contribution in [-0.4, -0.2) is 73.4 Å². The first-order valence-corrected chi connectivity index (χ1v) is 14.1. The number of hydrogen-bond acceptors (Lipinski definition) is 6. The van der Waals surface area contributed by atoms with Crippen LogP contribution in [0.5, 0.6) is 5.75 Å². The molecule has 208 valence electrons. The zero-order valence-corrected chi connectivity index (χ0v) is 23.1. The van der Waals surface area contributed by atoms with Crippen molar-refractivity contribution in [3.63, 3.8) is 0 Å². The van der Waals surface area contributed by atoms with E-state index in [0.717, 1.165) is 44.9 Å². The van der Waals surface area contributed by atoms with E-state index in [4.69, 9.17) is 9.47 Å². The minimum absolute atomic E-state index is 0.0172. The van der Waals surface area contributed by atoms with Gasteiger partial charge in [-0.15, -0.1) is 0 Å². The van der Waals surface area contributed by atoms with Crippen molar-refractivity contribution in [2.75, 3.05) is 38.7 Å². The number of benzene rings is 1. The highest BCUT2D eigenvalue weighted by atomic mass is 16.5. The van der Waals surface area contributed by atoms with Crippen LogP contribution in [0.2, 0.25) is 0 Å². The molecule has 1 fully saturated rings. The topological polar surface area (TPSA) is 100 Å². The number of fused-ring (bicyclic) bond motifs is 1. The van der Waals surface area contributed by atoms with Crippen LogP contribution in [0.3, 0.4) is 0 Å². The number of nitrogens with zero attached hydrogens (tertiary/aromatic N) is 1. The number of carbonyl (C=O) groups is 2. The van der Waals surface area contributed by atoms with Gasteiger partial charge in [-0.25, -0.2) is 0 Å². The lowest BCUT2D eigenvalue weighted by Crippen LogP contribution is -2.47. The maximum atomic E-state index is 14.0. The molecule has 1 heterocycles. The molecule has 0 saturated heterocycles. The zero-order chi connectivity index (χ0) is 26.8. The number of rotatable bonds is 6. The second kappa shape index (κ2) is 14.7. The Morgan fingerprint density at radius 1 is 1.14 bits per heavy atom. The van der Waals surface area contributed by atoms with Gasteiger partial charge in [-0.2, -0.15) is 0 Å². The molecule has 3 N–H and O–H groups in total. The molecule has 0 spiro atoms. The SMILES string of the molecule is CNCC1OCCCC[C@@H](C)Oc2ccc(NC(=O)C3CCCCC3)cc2C(=O)N([C@@H](C)CO)C[C@H]1C. The number of carbonyl (C=O) groups excluding carboxylic acids is 2. The number of hydrogen-bond donors (Lipinski definition) is 3. The smallest absolute Gasteiger partial charge is 0.258 e. The standard InChI is InChI=1S/C29H47N3O5/c1-20-18-32(21(2)19-33)29(35)25-16-24(31-28(34)23-11-6-5-7-12-23)13-14-26(25)37-22(3)10-8-9-15-36-27(20)17-30-4/h13-14,16,20-23,27,30,33H,5-12,15,17-19H2,1-4H3,(H,31,34)/t20-,21+,22-,27?/m1/s1. The van der Waals surface area contributed by atoms with E-state index in [9.17, 15) is 14.7 Å². The van der Waals surface area contributed by atoms with Gasteiger partial charge in [-0.05, 0) is 71.2 Å². The average Bonchev–Trinajstić information content (AvgIpc) is 2.90. The van der Waals surface area contributed by atoms with Crippen LogP contribution in [-0.2, 0) is 9.53 Å². The quantitative estimate of drug-likeness (QED) is 0.523. The van der Waals surface area contributed by atoms with Gasteiger partial charge in [0.1, 0.15) is 5.75 Å². The second-order valence-corrected chi connectivity index (χ2v) is 10.9. The molecule has 1 aliphatic heterocycles. The molecule has 1 aromatic rings. The molecule has 3 rings (SSSR count). The minimum atomic E-state index is -0.385. The van der Waals surface area contributed by atoms with Crippen molar-refractivity contribution in [2.45, 2.75) is 90.4 Å². The summed E-state index contributed by atoms with van der Waals surface area (Å²) < 4.78 is 12.5. The summed E-state index contributed by atoms with van der Waals surface area (Å²) in [5, 5.41) is 16.3. The number of nitrogens with one attached hydrogen (secondary N) is 2. The summed E-state index contributed by atoms with van der Waals surface area (Å²) >= 11 is 0. The van der Waals surface area contributed by atoms with E-state index >= 15 is 0 Å². The van der Waals surface area contributed by atoms with E-state index in [0.29, 0.717) is 36.7 Å². The predicted octanol–water partition coefficient (Wildman–Crippen LogP) is 4.22. The fraction of sp³-hybridized carbons (Fsp3) is 0.724. The highest BCUT2D eigenvalue weighted by Crippen LogP contribution is 2.30. The van der Waals surface area contributed by atoms with Gasteiger partial charge in [0.05, 0.1) is 30.4 Å². The Balaban J connectivity index is 1.93. The van der Waals surface area contributed by atoms with Gasteiger partial charge in [0.15, 0.2) is 0 Å². The van der Waals surface area contributed by atoms with Gasteiger partial charge < -0.3 is 30.1 Å². The van der Waals surface area contributed by atoms with Crippen LogP contribution in [0.25, 0.3) is 0 Å². The summed E-state index contributed by atoms with van der Waals surface area (Å²) in [6, 6.07) is 4.97. The minimum Gasteiger partial charge on any atom is -0.490 e. The summed E-state index contributed by atoms with van der Waals surface area (Å²) in [6.45, 7) is 7.57. The number of ether oxygens (including phenoxy) is 2. The molecule has 2 aliphatic rings. The molecule has 2 amide bonds. The van der Waals surface area contributed by atoms with Crippen molar-refractivity contribution in [1.82, 2.24) is 10.2 Å². The van der Waals surface area contributed by atoms with E-state index in [1.165, 1.54) is 6.42 Å². The molecule has 1 aliphatic carbocycles. The van der Waals surface area contributed by atoms with Crippen molar-refractivity contribution < 1.29 is 24.2 Å². The van der Waals surface area contributed by atoms with Gasteiger partial charge in [-0.1, -0.05) is 26.2 Å². The summed E-state index contributed by atoms with van der Waals surface area (Å²) in [4.78, 5) is 28.7. The second-order valence-electron chi connectivity index (χ2n) is 10.9. The van der Waals surface area contributed by atoms with Crippen LogP contribution in [0.4, 0.5) is 5.69 Å². The van der Waals surface area contributed by atoms with Crippen molar-refractivity contribution in [3.8, 4) is 5.75 Å². The number of aliphatic hydroxyl groups excluding tert-OH is 1. The fourth-order valence-electron chi connectivity index (χ4n) is 5.30. The monoisotopic (exact) mass is 517 g/mol. The predicted molar refractivity (Wildman–Crippen MR) is 146 cm³/mol. The van der Waals surface area contributed by atoms with Crippen LogP contribution < -0.4 is 15.4 Å². The first-order chi connectivity index (χ1) is 17.8. The van der Waals surface area contributed by atoms with E-state index in [-0.39, 0.29) is 48.5 Å². The fourth-order valence-corrected chi connectivity index (χ4v) is 5.30. The van der Waals surface area contributed by atoms with Crippen LogP contribution in [0.15, 0.2) is 18.2 Å². The molecule has 1 aromatic carbocycles. The Kier molecular flexibility index (Phi) is 11.7. The lowest BCUT2D eigenvalue weighted by molar-refractivity contribution is -0.120. The largest absolute Gasteiger partial charge is 0.490 e. The molecule has 0 bridgehead atoms. The number of aliphatic hydroxyl groups is 1. The Bertz CT molecular complexity index is 873. The third-order valence-corrected chi connectivity index (χ3v) is 7.70. The average molecular weight is 518 g/mol. The van der Waals surface area contributed by atoms with E-state index < -0.39 is 0 Å². The summed E-state index contributed by atoms with van der Waals surface area (Å²) in [7, 11) is 1.90. The lowest BCUT2D eigenvalue weighted by atomic mass is 9.88. The molecule has 0 aromatic heterocycles. The van der Waals surface area contributed by atoms with Crippen molar-refractivity contribution in [2.24, 2.45) is 11.8 Å². The highest BCUT2D eigenvalue weighted by molar-refractivity contribution is 6.00. The molecule has 37 heavy (non-hydrogen) atoms. The van der Waals surface area contributed by atoms with Gasteiger partial charge in [0.2, 0.25) is 5.91 Å². The molecule has 0 radical (unpaired) electrons. The zero-order valence-electron chi connectivity index (χ0n) is 23.1. The van der Waals surface area contributed by atoms with E-state index in [1.807, 2.05) is 27.0 Å². The number of likely N-dealkylation sites (N-methyl/N-ethyl adjacent to an activating group) is 1. The number of amides is 2. The third-order valence-electron chi connectivity index (χ3n) is 7.70. The van der Waals surface area contributed by atoms with Crippen LogP contribution in [0.1, 0.15) is 82.5 Å². The third kappa shape index (κ3) is 8.42. The first kappa shape index (κ1) is 29.4. The molecule has 1 saturated carbocycles. The van der Waals surface area contributed by atoms with Gasteiger partial charge >= 0.3 is 0 Å². The highest BCUT2D eigenvalue weighted by Gasteiger charge is 2.30.